The summed E-state index contributed by atoms with van der Waals surface area (Å²) in [6.45, 7) is 3.12. The minimum atomic E-state index is 0. The van der Waals surface area contributed by atoms with Crippen molar-refractivity contribution in [2.24, 2.45) is 5.84 Å². The van der Waals surface area contributed by atoms with Gasteiger partial charge in [-0.1, -0.05) is 6.58 Å². The summed E-state index contributed by atoms with van der Waals surface area (Å²) in [6.07, 6.45) is 4.53. The summed E-state index contributed by atoms with van der Waals surface area (Å²) in [7, 11) is 0. The molecule has 6 heteroatoms. The van der Waals surface area contributed by atoms with Crippen LogP contribution in [0.1, 0.15) is 0 Å². The van der Waals surface area contributed by atoms with Crippen LogP contribution in [0.3, 0.4) is 0 Å². The van der Waals surface area contributed by atoms with E-state index in [0.29, 0.717) is 0 Å². The Hall–Kier alpha value is -1.28. The molecule has 0 bridgehead atoms. The summed E-state index contributed by atoms with van der Waals surface area (Å²) in [4.78, 5) is 3.81. The van der Waals surface area contributed by atoms with E-state index >= 15 is 0 Å². The SMILES string of the molecule is C=CC#N.Cl.Cl.NNc1cccnc1. The molecule has 4 nitrogen and oxygen atoms in total. The molecule has 0 spiro atoms. The maximum Gasteiger partial charge on any atom is 0.0905 e. The molecule has 0 aromatic carbocycles. The number of hydrogen-bond acceptors (Lipinski definition) is 4. The Kier molecular flexibility index (Phi) is 18.8. The number of halogens is 2. The number of anilines is 1. The maximum absolute atomic E-state index is 7.51. The van der Waals surface area contributed by atoms with Crippen molar-refractivity contribution in [2.75, 3.05) is 5.43 Å². The minimum Gasteiger partial charge on any atom is -0.323 e. The number of hydrazine groups is 1. The number of aromatic nitrogens is 1. The standard InChI is InChI=1S/C5H7N3.C3H3N.2ClH/c6-8-5-2-1-3-7-4-5;1-2-3-4;;/h1-4,8H,6H2;2H,1H2;2*1H. The van der Waals surface area contributed by atoms with Crippen LogP contribution in [0.4, 0.5) is 5.69 Å². The summed E-state index contributed by atoms with van der Waals surface area (Å²) in [5.74, 6) is 5.06. The zero-order valence-electron chi connectivity index (χ0n) is 7.38. The maximum atomic E-state index is 7.51. The largest absolute Gasteiger partial charge is 0.323 e. The van der Waals surface area contributed by atoms with Crippen LogP contribution >= 0.6 is 24.8 Å². The number of rotatable bonds is 1. The number of allylic oxidation sites excluding steroid dienone is 1. The molecule has 3 N–H and O–H groups in total. The fourth-order valence-electron chi connectivity index (χ4n) is 0.448. The zero-order chi connectivity index (χ0) is 9.23. The second kappa shape index (κ2) is 14.3. The molecule has 0 unspecified atom stereocenters. The monoisotopic (exact) mass is 234 g/mol. The molecule has 0 radical (unpaired) electrons. The first-order chi connectivity index (χ1) is 5.85. The van der Waals surface area contributed by atoms with Crippen molar-refractivity contribution in [3.63, 3.8) is 0 Å². The first kappa shape index (κ1) is 18.5. The van der Waals surface area contributed by atoms with Gasteiger partial charge in [-0.15, -0.1) is 24.8 Å². The van der Waals surface area contributed by atoms with Gasteiger partial charge in [-0.3, -0.25) is 10.8 Å². The fourth-order valence-corrected chi connectivity index (χ4v) is 0.448. The van der Waals surface area contributed by atoms with Crippen molar-refractivity contribution in [3.8, 4) is 6.07 Å². The van der Waals surface area contributed by atoms with E-state index in [1.807, 2.05) is 12.1 Å². The molecule has 14 heavy (non-hydrogen) atoms. The number of nitrogen functional groups attached to an aromatic ring is 1. The predicted octanol–water partition coefficient (Wildman–Crippen LogP) is 1.91. The highest BCUT2D eigenvalue weighted by atomic mass is 35.5. The summed E-state index contributed by atoms with van der Waals surface area (Å²) in [5, 5.41) is 7.51. The Morgan fingerprint density at radius 1 is 1.57 bits per heavy atom. The second-order valence-electron chi connectivity index (χ2n) is 1.72. The van der Waals surface area contributed by atoms with Gasteiger partial charge in [-0.2, -0.15) is 5.26 Å². The third kappa shape index (κ3) is 10.7. The lowest BCUT2D eigenvalue weighted by Gasteiger charge is -1.93. The Morgan fingerprint density at radius 2 is 2.14 bits per heavy atom. The van der Waals surface area contributed by atoms with Crippen LogP contribution in [-0.4, -0.2) is 4.98 Å². The summed E-state index contributed by atoms with van der Waals surface area (Å²) >= 11 is 0. The molecule has 78 valence electrons. The van der Waals surface area contributed by atoms with Gasteiger partial charge in [0, 0.05) is 12.3 Å². The number of pyridine rings is 1. The highest BCUT2D eigenvalue weighted by Gasteiger charge is 1.79. The lowest BCUT2D eigenvalue weighted by Crippen LogP contribution is -2.06. The molecule has 0 saturated heterocycles. The Labute approximate surface area is 95.6 Å². The van der Waals surface area contributed by atoms with Crippen molar-refractivity contribution < 1.29 is 0 Å². The van der Waals surface area contributed by atoms with Gasteiger partial charge in [0.15, 0.2) is 0 Å². The third-order valence-corrected chi connectivity index (χ3v) is 0.919. The van der Waals surface area contributed by atoms with E-state index in [9.17, 15) is 0 Å². The summed E-state index contributed by atoms with van der Waals surface area (Å²) in [6, 6.07) is 5.35. The number of nitrogens with one attached hydrogen (secondary N) is 1. The summed E-state index contributed by atoms with van der Waals surface area (Å²) in [5.41, 5.74) is 3.29. The average Bonchev–Trinajstić information content (AvgIpc) is 2.19. The highest BCUT2D eigenvalue weighted by Crippen LogP contribution is 1.97. The fraction of sp³-hybridized carbons (Fsp3) is 0. The quantitative estimate of drug-likeness (QED) is 0.443. The van der Waals surface area contributed by atoms with Crippen molar-refractivity contribution in [2.45, 2.75) is 0 Å². The van der Waals surface area contributed by atoms with Gasteiger partial charge >= 0.3 is 0 Å². The second-order valence-corrected chi connectivity index (χ2v) is 1.72. The average molecular weight is 235 g/mol. The lowest BCUT2D eigenvalue weighted by molar-refractivity contribution is 1.27. The molecule has 0 saturated carbocycles. The number of hydrogen-bond donors (Lipinski definition) is 2. The number of nitrogens with zero attached hydrogens (tertiary/aromatic N) is 2. The molecule has 1 heterocycles. The van der Waals surface area contributed by atoms with Crippen LogP contribution in [-0.2, 0) is 0 Å². The van der Waals surface area contributed by atoms with Crippen molar-refractivity contribution >= 4 is 30.5 Å². The molecule has 0 atom stereocenters. The molecule has 0 fully saturated rings. The molecule has 0 aliphatic heterocycles. The third-order valence-electron chi connectivity index (χ3n) is 0.919. The minimum absolute atomic E-state index is 0. The van der Waals surface area contributed by atoms with Crippen molar-refractivity contribution in [1.82, 2.24) is 4.98 Å². The van der Waals surface area contributed by atoms with Gasteiger partial charge < -0.3 is 5.43 Å². The molecule has 0 aliphatic carbocycles. The topological polar surface area (TPSA) is 74.7 Å². The molecule has 1 aromatic rings. The first-order valence-corrected chi connectivity index (χ1v) is 3.22. The lowest BCUT2D eigenvalue weighted by atomic mass is 10.4. The van der Waals surface area contributed by atoms with Gasteiger partial charge in [-0.05, 0) is 12.1 Å². The number of nitriles is 1. The smallest absolute Gasteiger partial charge is 0.0905 e. The molecule has 0 aliphatic rings. The van der Waals surface area contributed by atoms with E-state index in [0.717, 1.165) is 5.69 Å². The molecular weight excluding hydrogens is 223 g/mol. The Bertz CT molecular complexity index is 258. The van der Waals surface area contributed by atoms with Gasteiger partial charge in [0.2, 0.25) is 0 Å². The van der Waals surface area contributed by atoms with Gasteiger partial charge in [0.25, 0.3) is 0 Å². The molecule has 1 aromatic heterocycles. The highest BCUT2D eigenvalue weighted by molar-refractivity contribution is 5.85. The van der Waals surface area contributed by atoms with E-state index in [4.69, 9.17) is 11.1 Å². The van der Waals surface area contributed by atoms with Crippen LogP contribution in [0.5, 0.6) is 0 Å². The molecule has 1 rings (SSSR count). The van der Waals surface area contributed by atoms with Crippen LogP contribution in [0, 0.1) is 11.3 Å². The van der Waals surface area contributed by atoms with Crippen LogP contribution in [0.25, 0.3) is 0 Å². The van der Waals surface area contributed by atoms with E-state index in [1.54, 1.807) is 18.5 Å². The van der Waals surface area contributed by atoms with E-state index in [2.05, 4.69) is 17.0 Å². The Morgan fingerprint density at radius 3 is 2.36 bits per heavy atom. The van der Waals surface area contributed by atoms with Gasteiger partial charge in [0.1, 0.15) is 0 Å². The van der Waals surface area contributed by atoms with E-state index < -0.39 is 0 Å². The van der Waals surface area contributed by atoms with E-state index in [1.165, 1.54) is 6.08 Å². The number of nitrogens with two attached hydrogens (primary N) is 1. The van der Waals surface area contributed by atoms with E-state index in [-0.39, 0.29) is 24.8 Å². The summed E-state index contributed by atoms with van der Waals surface area (Å²) < 4.78 is 0. The normalized spacial score (nSPS) is 6.00. The van der Waals surface area contributed by atoms with Crippen molar-refractivity contribution in [1.29, 1.82) is 5.26 Å². The van der Waals surface area contributed by atoms with Crippen LogP contribution in [0.15, 0.2) is 37.2 Å². The first-order valence-electron chi connectivity index (χ1n) is 3.22. The predicted molar refractivity (Wildman–Crippen MR) is 62.4 cm³/mol. The van der Waals surface area contributed by atoms with Crippen LogP contribution in [0.2, 0.25) is 0 Å². The van der Waals surface area contributed by atoms with Crippen molar-refractivity contribution in [3.05, 3.63) is 37.2 Å². The van der Waals surface area contributed by atoms with Crippen LogP contribution < -0.4 is 11.3 Å². The molecule has 0 amide bonds. The zero-order valence-corrected chi connectivity index (χ0v) is 9.02. The van der Waals surface area contributed by atoms with Gasteiger partial charge in [-0.25, -0.2) is 0 Å². The molecular formula is C8H12Cl2N4. The Balaban J connectivity index is -0.000000180. The van der Waals surface area contributed by atoms with Gasteiger partial charge in [0.05, 0.1) is 18.0 Å².